The van der Waals surface area contributed by atoms with Crippen molar-refractivity contribution < 1.29 is 9.59 Å². The van der Waals surface area contributed by atoms with Crippen LogP contribution in [0.4, 0.5) is 5.69 Å². The summed E-state index contributed by atoms with van der Waals surface area (Å²) in [6.45, 7) is 6.23. The summed E-state index contributed by atoms with van der Waals surface area (Å²) in [6, 6.07) is 7.04. The number of anilines is 1. The fraction of sp³-hybridized carbons (Fsp3) is 0.500. The number of halogens is 1. The summed E-state index contributed by atoms with van der Waals surface area (Å²) in [4.78, 5) is 25.5. The van der Waals surface area contributed by atoms with E-state index in [0.29, 0.717) is 10.7 Å². The maximum absolute atomic E-state index is 12.0. The first-order valence-electron chi connectivity index (χ1n) is 7.27. The molecule has 0 unspecified atom stereocenters. The molecule has 0 radical (unpaired) electrons. The lowest BCUT2D eigenvalue weighted by molar-refractivity contribution is -0.124. The van der Waals surface area contributed by atoms with E-state index in [1.54, 1.807) is 36.2 Å². The second-order valence-electron chi connectivity index (χ2n) is 5.99. The molecule has 0 aliphatic carbocycles. The average Bonchev–Trinajstić information content (AvgIpc) is 2.40. The second kappa shape index (κ2) is 8.15. The van der Waals surface area contributed by atoms with Crippen LogP contribution in [-0.2, 0) is 9.59 Å². The zero-order valence-electron chi connectivity index (χ0n) is 13.6. The molecule has 0 bridgehead atoms. The molecule has 0 fully saturated rings. The molecular weight excluding hydrogens is 302 g/mol. The summed E-state index contributed by atoms with van der Waals surface area (Å²) in [6.07, 6.45) is 0.843. The highest BCUT2D eigenvalue weighted by Gasteiger charge is 2.19. The Bertz CT molecular complexity index is 532. The van der Waals surface area contributed by atoms with Gasteiger partial charge in [-0.25, -0.2) is 0 Å². The van der Waals surface area contributed by atoms with Gasteiger partial charge in [0.15, 0.2) is 0 Å². The van der Waals surface area contributed by atoms with Crippen LogP contribution in [-0.4, -0.2) is 42.4 Å². The summed E-state index contributed by atoms with van der Waals surface area (Å²) >= 11 is 5.99. The van der Waals surface area contributed by atoms with Crippen molar-refractivity contribution in [2.75, 3.05) is 25.5 Å². The van der Waals surface area contributed by atoms with Gasteiger partial charge in [0, 0.05) is 5.54 Å². The molecule has 1 rings (SSSR count). The summed E-state index contributed by atoms with van der Waals surface area (Å²) in [5.41, 5.74) is 0.330. The van der Waals surface area contributed by atoms with Crippen molar-refractivity contribution in [2.45, 2.75) is 32.7 Å². The van der Waals surface area contributed by atoms with E-state index in [0.717, 1.165) is 6.42 Å². The van der Waals surface area contributed by atoms with Gasteiger partial charge >= 0.3 is 0 Å². The normalized spacial score (nSPS) is 11.4. The number of amides is 2. The minimum absolute atomic E-state index is 0.0973. The summed E-state index contributed by atoms with van der Waals surface area (Å²) in [5.74, 6) is -0.307. The number of rotatable bonds is 7. The smallest absolute Gasteiger partial charge is 0.238 e. The number of hydrogen-bond donors (Lipinski definition) is 2. The van der Waals surface area contributed by atoms with Gasteiger partial charge in [-0.15, -0.1) is 0 Å². The van der Waals surface area contributed by atoms with E-state index >= 15 is 0 Å². The van der Waals surface area contributed by atoms with E-state index < -0.39 is 0 Å². The summed E-state index contributed by atoms with van der Waals surface area (Å²) in [7, 11) is 1.73. The Morgan fingerprint density at radius 3 is 2.36 bits per heavy atom. The van der Waals surface area contributed by atoms with Crippen molar-refractivity contribution in [3.05, 3.63) is 29.3 Å². The number of carbonyl (C=O) groups is 2. The van der Waals surface area contributed by atoms with E-state index in [1.165, 1.54) is 0 Å². The predicted octanol–water partition coefficient (Wildman–Crippen LogP) is 2.52. The van der Waals surface area contributed by atoms with E-state index in [9.17, 15) is 9.59 Å². The number of carbonyl (C=O) groups excluding carboxylic acids is 2. The van der Waals surface area contributed by atoms with Gasteiger partial charge < -0.3 is 10.6 Å². The van der Waals surface area contributed by atoms with E-state index in [2.05, 4.69) is 10.6 Å². The van der Waals surface area contributed by atoms with Gasteiger partial charge in [-0.05, 0) is 39.4 Å². The Kier molecular flexibility index (Phi) is 6.84. The van der Waals surface area contributed by atoms with Crippen molar-refractivity contribution in [1.29, 1.82) is 0 Å². The van der Waals surface area contributed by atoms with Crippen LogP contribution in [0.25, 0.3) is 0 Å². The van der Waals surface area contributed by atoms with Gasteiger partial charge in [0.1, 0.15) is 0 Å². The first-order valence-corrected chi connectivity index (χ1v) is 7.65. The van der Waals surface area contributed by atoms with Gasteiger partial charge in [0.25, 0.3) is 0 Å². The molecular formula is C16H24ClN3O2. The monoisotopic (exact) mass is 325 g/mol. The minimum Gasteiger partial charge on any atom is -0.350 e. The van der Waals surface area contributed by atoms with Crippen LogP contribution in [0.15, 0.2) is 24.3 Å². The molecule has 0 saturated heterocycles. The Hall–Kier alpha value is -1.59. The Morgan fingerprint density at radius 2 is 1.77 bits per heavy atom. The van der Waals surface area contributed by atoms with Crippen LogP contribution in [0.5, 0.6) is 0 Å². The fourth-order valence-corrected chi connectivity index (χ4v) is 1.99. The lowest BCUT2D eigenvalue weighted by Crippen LogP contribution is -2.47. The largest absolute Gasteiger partial charge is 0.350 e. The number of nitrogens with one attached hydrogen (secondary N) is 2. The maximum atomic E-state index is 12.0. The van der Waals surface area contributed by atoms with Crippen LogP contribution in [0.2, 0.25) is 5.02 Å². The van der Waals surface area contributed by atoms with Gasteiger partial charge in [-0.1, -0.05) is 30.7 Å². The summed E-state index contributed by atoms with van der Waals surface area (Å²) < 4.78 is 0. The third-order valence-corrected chi connectivity index (χ3v) is 3.67. The molecule has 0 aliphatic heterocycles. The number of nitrogens with zero attached hydrogens (tertiary/aromatic N) is 1. The molecule has 1 aromatic rings. The zero-order valence-corrected chi connectivity index (χ0v) is 14.3. The van der Waals surface area contributed by atoms with Crippen molar-refractivity contribution >= 4 is 29.1 Å². The van der Waals surface area contributed by atoms with Crippen LogP contribution in [0, 0.1) is 0 Å². The van der Waals surface area contributed by atoms with Crippen LogP contribution in [0.1, 0.15) is 27.2 Å². The van der Waals surface area contributed by atoms with Crippen LogP contribution >= 0.6 is 11.6 Å². The molecule has 0 heterocycles. The molecule has 22 heavy (non-hydrogen) atoms. The highest BCUT2D eigenvalue weighted by molar-refractivity contribution is 6.33. The SMILES string of the molecule is CCC(C)(C)NC(=O)CN(C)CC(=O)Nc1ccccc1Cl. The van der Waals surface area contributed by atoms with E-state index in [1.807, 2.05) is 20.8 Å². The molecule has 0 atom stereocenters. The molecule has 0 aromatic heterocycles. The fourth-order valence-electron chi connectivity index (χ4n) is 1.80. The predicted molar refractivity (Wildman–Crippen MR) is 90.1 cm³/mol. The Morgan fingerprint density at radius 1 is 1.18 bits per heavy atom. The Labute approximate surface area is 137 Å². The maximum Gasteiger partial charge on any atom is 0.238 e. The Balaban J connectivity index is 2.45. The van der Waals surface area contributed by atoms with Gasteiger partial charge in [-0.3, -0.25) is 14.5 Å². The molecule has 2 amide bonds. The molecule has 5 nitrogen and oxygen atoms in total. The standard InChI is InChI=1S/C16H24ClN3O2/c1-5-16(2,3)19-15(22)11-20(4)10-14(21)18-13-9-7-6-8-12(13)17/h6-9H,5,10-11H2,1-4H3,(H,18,21)(H,19,22). The molecule has 6 heteroatoms. The van der Waals surface area contributed by atoms with Crippen molar-refractivity contribution in [2.24, 2.45) is 0 Å². The van der Waals surface area contributed by atoms with Crippen molar-refractivity contribution in [1.82, 2.24) is 10.2 Å². The van der Waals surface area contributed by atoms with Gasteiger partial charge in [-0.2, -0.15) is 0 Å². The van der Waals surface area contributed by atoms with E-state index in [4.69, 9.17) is 11.6 Å². The second-order valence-corrected chi connectivity index (χ2v) is 6.39. The van der Waals surface area contributed by atoms with Crippen LogP contribution in [0.3, 0.4) is 0 Å². The molecule has 0 saturated carbocycles. The quantitative estimate of drug-likeness (QED) is 0.809. The molecule has 122 valence electrons. The number of benzene rings is 1. The molecule has 0 spiro atoms. The van der Waals surface area contributed by atoms with Gasteiger partial charge in [0.2, 0.25) is 11.8 Å². The lowest BCUT2D eigenvalue weighted by atomic mass is 10.0. The topological polar surface area (TPSA) is 61.4 Å². The van der Waals surface area contributed by atoms with E-state index in [-0.39, 0.29) is 30.4 Å². The average molecular weight is 326 g/mol. The third kappa shape index (κ3) is 6.45. The molecule has 0 aliphatic rings. The minimum atomic E-state index is -0.238. The first-order chi connectivity index (χ1) is 10.2. The zero-order chi connectivity index (χ0) is 16.8. The van der Waals surface area contributed by atoms with Crippen molar-refractivity contribution in [3.63, 3.8) is 0 Å². The highest BCUT2D eigenvalue weighted by atomic mass is 35.5. The molecule has 2 N–H and O–H groups in total. The van der Waals surface area contributed by atoms with Crippen molar-refractivity contribution in [3.8, 4) is 0 Å². The molecule has 1 aromatic carbocycles. The highest BCUT2D eigenvalue weighted by Crippen LogP contribution is 2.20. The van der Waals surface area contributed by atoms with Gasteiger partial charge in [0.05, 0.1) is 23.8 Å². The lowest BCUT2D eigenvalue weighted by Gasteiger charge is -2.26. The van der Waals surface area contributed by atoms with Crippen LogP contribution < -0.4 is 10.6 Å². The summed E-state index contributed by atoms with van der Waals surface area (Å²) in [5, 5.41) is 6.15. The number of hydrogen-bond acceptors (Lipinski definition) is 3. The number of para-hydroxylation sites is 1. The number of likely N-dealkylation sites (N-methyl/N-ethyl adjacent to an activating group) is 1. The first kappa shape index (κ1) is 18.5. The third-order valence-electron chi connectivity index (χ3n) is 3.34.